The second-order valence-electron chi connectivity index (χ2n) is 5.80. The molecule has 0 radical (unpaired) electrons. The van der Waals surface area contributed by atoms with Crippen LogP contribution in [0, 0.1) is 0 Å². The Hall–Kier alpha value is -2.24. The third-order valence-electron chi connectivity index (χ3n) is 3.57. The highest BCUT2D eigenvalue weighted by Gasteiger charge is 2.28. The molecular formula is C19H24F3IN4O2. The predicted octanol–water partition coefficient (Wildman–Crippen LogP) is 3.90. The molecule has 0 aliphatic rings. The number of hydrogen-bond acceptors (Lipinski definition) is 4. The minimum absolute atomic E-state index is 0. The number of benzene rings is 1. The first-order chi connectivity index (χ1) is 13.4. The zero-order valence-electron chi connectivity index (χ0n) is 16.1. The van der Waals surface area contributed by atoms with Gasteiger partial charge in [-0.1, -0.05) is 12.1 Å². The lowest BCUT2D eigenvalue weighted by Gasteiger charge is -2.12. The quantitative estimate of drug-likeness (QED) is 0.312. The van der Waals surface area contributed by atoms with Gasteiger partial charge in [0.05, 0.1) is 13.7 Å². The number of nitrogens with zero attached hydrogens (tertiary/aromatic N) is 2. The lowest BCUT2D eigenvalue weighted by molar-refractivity contribution is -0.154. The molecule has 2 rings (SSSR count). The monoisotopic (exact) mass is 524 g/mol. The maximum atomic E-state index is 12.2. The standard InChI is InChI=1S/C19H23F3N4O2.HI/c1-3-23-18(25-11-14-4-6-16(27-2)7-5-14)26-12-15-8-9-24-17(10-15)28-13-19(20,21)22;/h4-10H,3,11-13H2,1-2H3,(H2,23,25,26);1H. The van der Waals surface area contributed by atoms with E-state index in [0.29, 0.717) is 24.6 Å². The Labute approximate surface area is 184 Å². The van der Waals surface area contributed by atoms with Crippen molar-refractivity contribution >= 4 is 29.9 Å². The van der Waals surface area contributed by atoms with E-state index in [0.717, 1.165) is 11.3 Å². The third kappa shape index (κ3) is 9.68. The van der Waals surface area contributed by atoms with Crippen LogP contribution in [0.4, 0.5) is 13.2 Å². The average molecular weight is 524 g/mol. The second kappa shape index (κ2) is 12.3. The van der Waals surface area contributed by atoms with Crippen LogP contribution >= 0.6 is 24.0 Å². The number of halogens is 4. The zero-order valence-corrected chi connectivity index (χ0v) is 18.5. The van der Waals surface area contributed by atoms with Crippen LogP contribution in [0.3, 0.4) is 0 Å². The molecular weight excluding hydrogens is 500 g/mol. The lowest BCUT2D eigenvalue weighted by Crippen LogP contribution is -2.36. The van der Waals surface area contributed by atoms with Crippen molar-refractivity contribution < 1.29 is 22.6 Å². The van der Waals surface area contributed by atoms with Crippen LogP contribution < -0.4 is 20.1 Å². The van der Waals surface area contributed by atoms with E-state index in [1.807, 2.05) is 31.2 Å². The fraction of sp³-hybridized carbons (Fsp3) is 0.368. The minimum Gasteiger partial charge on any atom is -0.497 e. The molecule has 0 unspecified atom stereocenters. The number of aliphatic imine (C=N–C) groups is 1. The molecule has 0 atom stereocenters. The van der Waals surface area contributed by atoms with Crippen LogP contribution in [-0.4, -0.2) is 37.4 Å². The molecule has 0 saturated carbocycles. The Balaban J connectivity index is 0.00000420. The zero-order chi connectivity index (χ0) is 20.4. The number of rotatable bonds is 8. The largest absolute Gasteiger partial charge is 0.497 e. The molecule has 0 aliphatic heterocycles. The van der Waals surface area contributed by atoms with E-state index >= 15 is 0 Å². The number of guanidine groups is 1. The summed E-state index contributed by atoms with van der Waals surface area (Å²) in [5, 5.41) is 6.33. The SMILES string of the molecule is CCNC(=NCc1ccnc(OCC(F)(F)F)c1)NCc1ccc(OC)cc1.I. The van der Waals surface area contributed by atoms with Crippen molar-refractivity contribution in [3.63, 3.8) is 0 Å². The number of methoxy groups -OCH3 is 1. The van der Waals surface area contributed by atoms with Gasteiger partial charge in [-0.15, -0.1) is 24.0 Å². The predicted molar refractivity (Wildman–Crippen MR) is 116 cm³/mol. The fourth-order valence-electron chi connectivity index (χ4n) is 2.22. The van der Waals surface area contributed by atoms with Gasteiger partial charge in [0, 0.05) is 25.4 Å². The first-order valence-corrected chi connectivity index (χ1v) is 8.69. The van der Waals surface area contributed by atoms with Crippen LogP contribution in [0.5, 0.6) is 11.6 Å². The van der Waals surface area contributed by atoms with Crippen LogP contribution in [0.25, 0.3) is 0 Å². The molecule has 0 amide bonds. The molecule has 1 aromatic carbocycles. The number of pyridine rings is 1. The van der Waals surface area contributed by atoms with Crippen molar-refractivity contribution in [2.45, 2.75) is 26.2 Å². The molecule has 2 aromatic rings. The Bertz CT molecular complexity index is 771. The first kappa shape index (κ1) is 24.8. The smallest absolute Gasteiger partial charge is 0.422 e. The van der Waals surface area contributed by atoms with Gasteiger partial charge in [-0.05, 0) is 36.2 Å². The van der Waals surface area contributed by atoms with Crippen molar-refractivity contribution in [1.29, 1.82) is 0 Å². The van der Waals surface area contributed by atoms with Gasteiger partial charge in [0.25, 0.3) is 0 Å². The van der Waals surface area contributed by atoms with Crippen LogP contribution in [-0.2, 0) is 13.1 Å². The van der Waals surface area contributed by atoms with Crippen molar-refractivity contribution in [2.24, 2.45) is 4.99 Å². The summed E-state index contributed by atoms with van der Waals surface area (Å²) in [6.45, 7) is 2.07. The molecule has 0 fully saturated rings. The summed E-state index contributed by atoms with van der Waals surface area (Å²) >= 11 is 0. The first-order valence-electron chi connectivity index (χ1n) is 8.69. The summed E-state index contributed by atoms with van der Waals surface area (Å²) < 4.78 is 46.5. The number of hydrogen-bond donors (Lipinski definition) is 2. The van der Waals surface area contributed by atoms with Gasteiger partial charge >= 0.3 is 6.18 Å². The van der Waals surface area contributed by atoms with Gasteiger partial charge in [-0.3, -0.25) is 0 Å². The van der Waals surface area contributed by atoms with Gasteiger partial charge in [0.15, 0.2) is 12.6 Å². The molecule has 6 nitrogen and oxygen atoms in total. The van der Waals surface area contributed by atoms with E-state index in [2.05, 4.69) is 25.3 Å². The average Bonchev–Trinajstić information content (AvgIpc) is 2.69. The van der Waals surface area contributed by atoms with Crippen LogP contribution in [0.15, 0.2) is 47.6 Å². The molecule has 1 aromatic heterocycles. The Morgan fingerprint density at radius 1 is 1.10 bits per heavy atom. The number of nitrogens with one attached hydrogen (secondary N) is 2. The number of alkyl halides is 3. The topological polar surface area (TPSA) is 67.8 Å². The maximum Gasteiger partial charge on any atom is 0.422 e. The van der Waals surface area contributed by atoms with Crippen molar-refractivity contribution in [2.75, 3.05) is 20.3 Å². The third-order valence-corrected chi connectivity index (χ3v) is 3.57. The molecule has 2 N–H and O–H groups in total. The Kier molecular flexibility index (Phi) is 10.6. The fourth-order valence-corrected chi connectivity index (χ4v) is 2.22. The van der Waals surface area contributed by atoms with Gasteiger partial charge in [0.2, 0.25) is 5.88 Å². The van der Waals surface area contributed by atoms with Crippen LogP contribution in [0.1, 0.15) is 18.1 Å². The molecule has 1 heterocycles. The number of aromatic nitrogens is 1. The second-order valence-corrected chi connectivity index (χ2v) is 5.80. The Morgan fingerprint density at radius 3 is 2.45 bits per heavy atom. The highest BCUT2D eigenvalue weighted by molar-refractivity contribution is 14.0. The van der Waals surface area contributed by atoms with Crippen molar-refractivity contribution in [3.05, 3.63) is 53.7 Å². The van der Waals surface area contributed by atoms with Crippen LogP contribution in [0.2, 0.25) is 0 Å². The highest BCUT2D eigenvalue weighted by atomic mass is 127. The van der Waals surface area contributed by atoms with Gasteiger partial charge < -0.3 is 20.1 Å². The van der Waals surface area contributed by atoms with E-state index in [9.17, 15) is 13.2 Å². The molecule has 10 heteroatoms. The van der Waals surface area contributed by atoms with Gasteiger partial charge in [0.1, 0.15) is 5.75 Å². The summed E-state index contributed by atoms with van der Waals surface area (Å²) in [5.41, 5.74) is 1.74. The number of ether oxygens (including phenoxy) is 2. The van der Waals surface area contributed by atoms with E-state index < -0.39 is 12.8 Å². The molecule has 0 spiro atoms. The van der Waals surface area contributed by atoms with E-state index in [-0.39, 0.29) is 36.4 Å². The molecule has 29 heavy (non-hydrogen) atoms. The van der Waals surface area contributed by atoms with Gasteiger partial charge in [-0.2, -0.15) is 13.2 Å². The molecule has 0 aliphatic carbocycles. The lowest BCUT2D eigenvalue weighted by atomic mass is 10.2. The normalized spacial score (nSPS) is 11.4. The van der Waals surface area contributed by atoms with Gasteiger partial charge in [-0.25, -0.2) is 9.98 Å². The van der Waals surface area contributed by atoms with E-state index in [1.165, 1.54) is 12.3 Å². The highest BCUT2D eigenvalue weighted by Crippen LogP contribution is 2.18. The molecule has 0 bridgehead atoms. The summed E-state index contributed by atoms with van der Waals surface area (Å²) in [5.74, 6) is 1.29. The van der Waals surface area contributed by atoms with Crippen molar-refractivity contribution in [1.82, 2.24) is 15.6 Å². The Morgan fingerprint density at radius 2 is 1.83 bits per heavy atom. The summed E-state index contributed by atoms with van der Waals surface area (Å²) in [4.78, 5) is 8.23. The summed E-state index contributed by atoms with van der Waals surface area (Å²) in [6.07, 6.45) is -3.01. The summed E-state index contributed by atoms with van der Waals surface area (Å²) in [7, 11) is 1.61. The molecule has 160 valence electrons. The molecule has 0 saturated heterocycles. The summed E-state index contributed by atoms with van der Waals surface area (Å²) in [6, 6.07) is 10.8. The minimum atomic E-state index is -4.40. The van der Waals surface area contributed by atoms with E-state index in [4.69, 9.17) is 4.74 Å². The van der Waals surface area contributed by atoms with E-state index in [1.54, 1.807) is 13.2 Å². The maximum absolute atomic E-state index is 12.2. The van der Waals surface area contributed by atoms with Crippen molar-refractivity contribution in [3.8, 4) is 11.6 Å².